The molecule has 4 heterocycles. The highest BCUT2D eigenvalue weighted by atomic mass is 35.5. The lowest BCUT2D eigenvalue weighted by Gasteiger charge is -2.25. The van der Waals surface area contributed by atoms with E-state index in [1.165, 1.54) is 6.07 Å². The summed E-state index contributed by atoms with van der Waals surface area (Å²) in [5.74, 6) is 0.254. The molecule has 4 aromatic rings. The van der Waals surface area contributed by atoms with E-state index in [1.807, 2.05) is 12.1 Å². The third-order valence-electron chi connectivity index (χ3n) is 6.00. The largest absolute Gasteiger partial charge is 0.473 e. The number of rotatable bonds is 7. The van der Waals surface area contributed by atoms with Crippen LogP contribution in [0.15, 0.2) is 42.5 Å². The molecule has 35 heavy (non-hydrogen) atoms. The number of aryl methyl sites for hydroxylation is 1. The molecule has 10 heteroatoms. The molecule has 0 radical (unpaired) electrons. The fourth-order valence-corrected chi connectivity index (χ4v) is 5.14. The van der Waals surface area contributed by atoms with Crippen LogP contribution in [0.25, 0.3) is 15.9 Å². The second-order valence-electron chi connectivity index (χ2n) is 8.24. The average molecular weight is 515 g/mol. The second kappa shape index (κ2) is 9.85. The maximum atomic E-state index is 14.4. The number of benzene rings is 1. The van der Waals surface area contributed by atoms with Crippen molar-refractivity contribution in [2.75, 3.05) is 13.1 Å². The van der Waals surface area contributed by atoms with E-state index >= 15 is 0 Å². The number of ether oxygens (including phenoxy) is 1. The van der Waals surface area contributed by atoms with Gasteiger partial charge in [0.15, 0.2) is 12.1 Å². The van der Waals surface area contributed by atoms with Crippen LogP contribution in [0.2, 0.25) is 5.02 Å². The molecule has 1 aromatic carbocycles. The summed E-state index contributed by atoms with van der Waals surface area (Å²) < 4.78 is 35.8. The van der Waals surface area contributed by atoms with Crippen molar-refractivity contribution >= 4 is 45.1 Å². The minimum Gasteiger partial charge on any atom is -0.473 e. The number of halogens is 3. The molecule has 0 aliphatic carbocycles. The number of aldehydes is 1. The Kier molecular flexibility index (Phi) is 6.64. The first-order valence-electron chi connectivity index (χ1n) is 11.0. The summed E-state index contributed by atoms with van der Waals surface area (Å²) in [7, 11) is 1.77. The molecule has 3 aromatic heterocycles. The maximum absolute atomic E-state index is 14.4. The number of aromatic nitrogens is 3. The predicted octanol–water partition coefficient (Wildman–Crippen LogP) is 5.64. The first-order valence-corrected chi connectivity index (χ1v) is 12.2. The van der Waals surface area contributed by atoms with Gasteiger partial charge in [0.2, 0.25) is 5.88 Å². The van der Waals surface area contributed by atoms with Gasteiger partial charge in [0.05, 0.1) is 12.2 Å². The van der Waals surface area contributed by atoms with Gasteiger partial charge in [-0.3, -0.25) is 9.69 Å². The molecule has 1 aliphatic rings. The standard InChI is InChI=1S/C25H21ClF2N4O2S/c1-31-21(30-25-24(31)23(28)20(13-33)35-25)12-32-9-7-15(8-10-32)19-3-2-4-22(29-19)34-14-16-5-6-17(26)11-18(16)27/h2-7,11,13H,8-10,12,14H2,1H3. The summed E-state index contributed by atoms with van der Waals surface area (Å²) in [6, 6.07) is 10.0. The molecule has 0 saturated heterocycles. The molecule has 0 amide bonds. The van der Waals surface area contributed by atoms with Crippen LogP contribution in [0, 0.1) is 11.6 Å². The molecule has 0 saturated carbocycles. The molecule has 0 fully saturated rings. The summed E-state index contributed by atoms with van der Waals surface area (Å²) in [6.45, 7) is 2.11. The Labute approximate surface area is 209 Å². The van der Waals surface area contributed by atoms with Crippen LogP contribution in [0.1, 0.15) is 33.2 Å². The molecule has 0 atom stereocenters. The van der Waals surface area contributed by atoms with E-state index in [0.717, 1.165) is 41.4 Å². The van der Waals surface area contributed by atoms with Crippen molar-refractivity contribution in [2.45, 2.75) is 19.6 Å². The zero-order valence-electron chi connectivity index (χ0n) is 18.8. The van der Waals surface area contributed by atoms with Crippen LogP contribution in [0.3, 0.4) is 0 Å². The highest BCUT2D eigenvalue weighted by molar-refractivity contribution is 7.20. The molecule has 0 bridgehead atoms. The fraction of sp³-hybridized carbons (Fsp3) is 0.240. The van der Waals surface area contributed by atoms with Gasteiger partial charge in [0.25, 0.3) is 0 Å². The Morgan fingerprint density at radius 1 is 1.23 bits per heavy atom. The molecular formula is C25H21ClF2N4O2S. The Morgan fingerprint density at radius 2 is 2.09 bits per heavy atom. The van der Waals surface area contributed by atoms with Crippen LogP contribution in [-0.4, -0.2) is 38.8 Å². The Hall–Kier alpha value is -3.14. The first-order chi connectivity index (χ1) is 16.9. The Bertz CT molecular complexity index is 1450. The van der Waals surface area contributed by atoms with Crippen LogP contribution < -0.4 is 4.74 Å². The number of hydrogen-bond donors (Lipinski definition) is 0. The zero-order valence-corrected chi connectivity index (χ0v) is 20.4. The number of carbonyl (C=O) groups is 1. The van der Waals surface area contributed by atoms with Crippen molar-refractivity contribution in [3.05, 3.63) is 81.1 Å². The lowest BCUT2D eigenvalue weighted by Crippen LogP contribution is -2.29. The lowest BCUT2D eigenvalue weighted by atomic mass is 10.0. The van der Waals surface area contributed by atoms with Gasteiger partial charge in [-0.2, -0.15) is 0 Å². The molecule has 1 aliphatic heterocycles. The van der Waals surface area contributed by atoms with Crippen molar-refractivity contribution in [2.24, 2.45) is 7.05 Å². The van der Waals surface area contributed by atoms with E-state index in [2.05, 4.69) is 20.9 Å². The summed E-state index contributed by atoms with van der Waals surface area (Å²) in [5.41, 5.74) is 2.71. The summed E-state index contributed by atoms with van der Waals surface area (Å²) in [4.78, 5) is 22.9. The summed E-state index contributed by atoms with van der Waals surface area (Å²) >= 11 is 6.87. The van der Waals surface area contributed by atoms with E-state index in [9.17, 15) is 13.6 Å². The monoisotopic (exact) mass is 514 g/mol. The van der Waals surface area contributed by atoms with E-state index in [0.29, 0.717) is 46.2 Å². The minimum atomic E-state index is -0.506. The van der Waals surface area contributed by atoms with E-state index in [-0.39, 0.29) is 11.5 Å². The minimum absolute atomic E-state index is 0.0579. The molecule has 5 rings (SSSR count). The topological polar surface area (TPSA) is 60.2 Å². The zero-order chi connectivity index (χ0) is 24.5. The van der Waals surface area contributed by atoms with Crippen molar-refractivity contribution in [3.63, 3.8) is 0 Å². The summed E-state index contributed by atoms with van der Waals surface area (Å²) in [5, 5.41) is 0.339. The number of thiophene rings is 1. The van der Waals surface area contributed by atoms with Crippen molar-refractivity contribution in [3.8, 4) is 5.88 Å². The van der Waals surface area contributed by atoms with Gasteiger partial charge >= 0.3 is 0 Å². The first kappa shape index (κ1) is 23.6. The molecule has 6 nitrogen and oxygen atoms in total. The normalized spacial score (nSPS) is 14.3. The number of hydrogen-bond acceptors (Lipinski definition) is 6. The van der Waals surface area contributed by atoms with Crippen LogP contribution in [0.5, 0.6) is 5.88 Å². The van der Waals surface area contributed by atoms with Gasteiger partial charge in [0, 0.05) is 36.8 Å². The van der Waals surface area contributed by atoms with Crippen molar-refractivity contribution in [1.29, 1.82) is 0 Å². The van der Waals surface area contributed by atoms with Crippen LogP contribution >= 0.6 is 22.9 Å². The number of nitrogens with zero attached hydrogens (tertiary/aromatic N) is 4. The predicted molar refractivity (Wildman–Crippen MR) is 132 cm³/mol. The van der Waals surface area contributed by atoms with Crippen molar-refractivity contribution in [1.82, 2.24) is 19.4 Å². The highest BCUT2D eigenvalue weighted by Crippen LogP contribution is 2.30. The number of fused-ring (bicyclic) bond motifs is 1. The van der Waals surface area contributed by atoms with Gasteiger partial charge < -0.3 is 9.30 Å². The fourth-order valence-electron chi connectivity index (χ4n) is 4.06. The van der Waals surface area contributed by atoms with Crippen LogP contribution in [-0.2, 0) is 20.2 Å². The van der Waals surface area contributed by atoms with Gasteiger partial charge in [-0.05, 0) is 30.2 Å². The smallest absolute Gasteiger partial charge is 0.214 e. The lowest BCUT2D eigenvalue weighted by molar-refractivity contribution is 0.112. The Morgan fingerprint density at radius 3 is 2.80 bits per heavy atom. The molecular weight excluding hydrogens is 494 g/mol. The van der Waals surface area contributed by atoms with Gasteiger partial charge in [0.1, 0.15) is 33.5 Å². The average Bonchev–Trinajstić information content (AvgIpc) is 3.34. The van der Waals surface area contributed by atoms with E-state index in [1.54, 1.807) is 29.8 Å². The third-order valence-corrected chi connectivity index (χ3v) is 7.20. The maximum Gasteiger partial charge on any atom is 0.214 e. The van der Waals surface area contributed by atoms with E-state index < -0.39 is 11.6 Å². The third kappa shape index (κ3) is 4.84. The SMILES string of the molecule is Cn1c(CN2CC=C(c3cccc(OCc4ccc(Cl)cc4F)n3)CC2)nc2sc(C=O)c(F)c21. The number of pyridine rings is 1. The van der Waals surface area contributed by atoms with E-state index in [4.69, 9.17) is 16.3 Å². The molecule has 0 N–H and O–H groups in total. The van der Waals surface area contributed by atoms with Gasteiger partial charge in [-0.25, -0.2) is 18.7 Å². The van der Waals surface area contributed by atoms with Gasteiger partial charge in [-0.1, -0.05) is 29.8 Å². The van der Waals surface area contributed by atoms with Crippen molar-refractivity contribution < 1.29 is 18.3 Å². The summed E-state index contributed by atoms with van der Waals surface area (Å²) in [6.07, 6.45) is 3.43. The van der Waals surface area contributed by atoms with Crippen LogP contribution in [0.4, 0.5) is 8.78 Å². The number of carbonyl (C=O) groups excluding carboxylic acids is 1. The molecule has 180 valence electrons. The molecule has 0 spiro atoms. The quantitative estimate of drug-likeness (QED) is 0.299. The van der Waals surface area contributed by atoms with Gasteiger partial charge in [-0.15, -0.1) is 11.3 Å². The second-order valence-corrected chi connectivity index (χ2v) is 9.71. The number of imidazole rings is 1. The highest BCUT2D eigenvalue weighted by Gasteiger charge is 2.21. The Balaban J connectivity index is 1.24. The molecule has 0 unspecified atom stereocenters.